The van der Waals surface area contributed by atoms with Crippen LogP contribution in [0.4, 0.5) is 5.82 Å². The van der Waals surface area contributed by atoms with Gasteiger partial charge in [-0.2, -0.15) is 0 Å². The van der Waals surface area contributed by atoms with Gasteiger partial charge in [0.15, 0.2) is 5.69 Å². The van der Waals surface area contributed by atoms with Crippen LogP contribution >= 0.6 is 0 Å². The maximum Gasteiger partial charge on any atom is 0.271 e. The fraction of sp³-hybridized carbons (Fsp3) is 0.667. The van der Waals surface area contributed by atoms with E-state index in [9.17, 15) is 4.79 Å². The van der Waals surface area contributed by atoms with E-state index in [1.807, 2.05) is 13.0 Å². The van der Waals surface area contributed by atoms with Crippen LogP contribution in [-0.2, 0) is 0 Å². The van der Waals surface area contributed by atoms with Gasteiger partial charge in [-0.1, -0.05) is 19.8 Å². The summed E-state index contributed by atoms with van der Waals surface area (Å²) in [6.45, 7) is 5.75. The third kappa shape index (κ3) is 4.18. The minimum absolute atomic E-state index is 0.173. The summed E-state index contributed by atoms with van der Waals surface area (Å²) in [6, 6.07) is 3.54. The standard InChI is InChI=1S/C15H24N4O/c1-3-16-15(20)13-7-8-14(19-18-13)17-10-12-6-4-5-11(2)9-12/h7-8,11-12H,3-6,9-10H2,1-2H3,(H,16,20)(H,17,19). The average Bonchev–Trinajstić information content (AvgIpc) is 2.46. The van der Waals surface area contributed by atoms with E-state index in [-0.39, 0.29) is 5.91 Å². The molecule has 0 bridgehead atoms. The van der Waals surface area contributed by atoms with Crippen molar-refractivity contribution in [2.45, 2.75) is 39.5 Å². The van der Waals surface area contributed by atoms with Crippen molar-refractivity contribution in [1.29, 1.82) is 0 Å². The lowest BCUT2D eigenvalue weighted by atomic mass is 9.82. The van der Waals surface area contributed by atoms with Crippen molar-refractivity contribution >= 4 is 11.7 Å². The highest BCUT2D eigenvalue weighted by atomic mass is 16.1. The van der Waals surface area contributed by atoms with Gasteiger partial charge in [0, 0.05) is 13.1 Å². The van der Waals surface area contributed by atoms with Crippen LogP contribution in [-0.4, -0.2) is 29.2 Å². The van der Waals surface area contributed by atoms with E-state index in [0.717, 1.165) is 24.2 Å². The molecule has 0 saturated heterocycles. The molecular formula is C15H24N4O. The van der Waals surface area contributed by atoms with Gasteiger partial charge in [0.2, 0.25) is 0 Å². The van der Waals surface area contributed by atoms with Crippen LogP contribution < -0.4 is 10.6 Å². The minimum Gasteiger partial charge on any atom is -0.368 e. The van der Waals surface area contributed by atoms with E-state index >= 15 is 0 Å². The van der Waals surface area contributed by atoms with Crippen LogP contribution in [0.5, 0.6) is 0 Å². The molecule has 1 aromatic rings. The Labute approximate surface area is 120 Å². The number of nitrogens with zero attached hydrogens (tertiary/aromatic N) is 2. The molecule has 1 aliphatic rings. The van der Waals surface area contributed by atoms with Gasteiger partial charge in [-0.15, -0.1) is 10.2 Å². The molecule has 1 aliphatic carbocycles. The second-order valence-electron chi connectivity index (χ2n) is 5.68. The number of nitrogens with one attached hydrogen (secondary N) is 2. The van der Waals surface area contributed by atoms with Gasteiger partial charge in [0.05, 0.1) is 0 Å². The molecule has 2 atom stereocenters. The SMILES string of the molecule is CCNC(=O)c1ccc(NCC2CCCC(C)C2)nn1. The zero-order valence-electron chi connectivity index (χ0n) is 12.4. The van der Waals surface area contributed by atoms with Crippen LogP contribution in [0.25, 0.3) is 0 Å². The van der Waals surface area contributed by atoms with Crippen LogP contribution in [0, 0.1) is 11.8 Å². The van der Waals surface area contributed by atoms with E-state index in [4.69, 9.17) is 0 Å². The molecule has 1 heterocycles. The average molecular weight is 276 g/mol. The molecular weight excluding hydrogens is 252 g/mol. The third-order valence-corrected chi connectivity index (χ3v) is 3.85. The van der Waals surface area contributed by atoms with Crippen molar-refractivity contribution in [2.24, 2.45) is 11.8 Å². The van der Waals surface area contributed by atoms with E-state index in [1.165, 1.54) is 25.7 Å². The summed E-state index contributed by atoms with van der Waals surface area (Å²) in [6.07, 6.45) is 5.27. The highest BCUT2D eigenvalue weighted by molar-refractivity contribution is 5.92. The van der Waals surface area contributed by atoms with Crippen molar-refractivity contribution in [3.63, 3.8) is 0 Å². The van der Waals surface area contributed by atoms with Crippen molar-refractivity contribution in [1.82, 2.24) is 15.5 Å². The summed E-state index contributed by atoms with van der Waals surface area (Å²) in [5.41, 5.74) is 0.365. The first-order valence-electron chi connectivity index (χ1n) is 7.54. The molecule has 0 aromatic carbocycles. The normalized spacial score (nSPS) is 22.3. The molecule has 5 heteroatoms. The number of carbonyl (C=O) groups excluding carboxylic acids is 1. The Morgan fingerprint density at radius 1 is 1.35 bits per heavy atom. The topological polar surface area (TPSA) is 66.9 Å². The van der Waals surface area contributed by atoms with Gasteiger partial charge in [0.25, 0.3) is 5.91 Å². The number of hydrogen-bond donors (Lipinski definition) is 2. The predicted octanol–water partition coefficient (Wildman–Crippen LogP) is 2.46. The number of anilines is 1. The first-order valence-corrected chi connectivity index (χ1v) is 7.54. The molecule has 5 nitrogen and oxygen atoms in total. The minimum atomic E-state index is -0.173. The van der Waals surface area contributed by atoms with E-state index < -0.39 is 0 Å². The predicted molar refractivity (Wildman–Crippen MR) is 79.7 cm³/mol. The second-order valence-corrected chi connectivity index (χ2v) is 5.68. The van der Waals surface area contributed by atoms with Gasteiger partial charge in [0.1, 0.15) is 5.82 Å². The number of carbonyl (C=O) groups is 1. The number of amides is 1. The highest BCUT2D eigenvalue weighted by Crippen LogP contribution is 2.28. The number of rotatable bonds is 5. The number of aromatic nitrogens is 2. The first-order chi connectivity index (χ1) is 9.69. The lowest BCUT2D eigenvalue weighted by Crippen LogP contribution is -2.24. The summed E-state index contributed by atoms with van der Waals surface area (Å²) < 4.78 is 0. The van der Waals surface area contributed by atoms with Gasteiger partial charge >= 0.3 is 0 Å². The van der Waals surface area contributed by atoms with E-state index in [1.54, 1.807) is 6.07 Å². The Kier molecular flexibility index (Phi) is 5.32. The lowest BCUT2D eigenvalue weighted by molar-refractivity contribution is 0.0950. The fourth-order valence-corrected chi connectivity index (χ4v) is 2.79. The molecule has 1 fully saturated rings. The van der Waals surface area contributed by atoms with Crippen molar-refractivity contribution in [2.75, 3.05) is 18.4 Å². The second kappa shape index (κ2) is 7.22. The maximum atomic E-state index is 11.6. The summed E-state index contributed by atoms with van der Waals surface area (Å²) in [5, 5.41) is 14.1. The van der Waals surface area contributed by atoms with Crippen LogP contribution in [0.1, 0.15) is 50.0 Å². The molecule has 1 aromatic heterocycles. The van der Waals surface area contributed by atoms with E-state index in [0.29, 0.717) is 12.2 Å². The Morgan fingerprint density at radius 2 is 2.20 bits per heavy atom. The molecule has 0 spiro atoms. The molecule has 1 amide bonds. The maximum absolute atomic E-state index is 11.6. The zero-order valence-corrected chi connectivity index (χ0v) is 12.4. The molecule has 20 heavy (non-hydrogen) atoms. The largest absolute Gasteiger partial charge is 0.368 e. The van der Waals surface area contributed by atoms with Crippen molar-refractivity contribution in [3.8, 4) is 0 Å². The van der Waals surface area contributed by atoms with Crippen LogP contribution in [0.3, 0.4) is 0 Å². The van der Waals surface area contributed by atoms with Crippen LogP contribution in [0.15, 0.2) is 12.1 Å². The molecule has 110 valence electrons. The molecule has 0 aliphatic heterocycles. The molecule has 2 N–H and O–H groups in total. The first kappa shape index (κ1) is 14.8. The Morgan fingerprint density at radius 3 is 2.85 bits per heavy atom. The van der Waals surface area contributed by atoms with Gasteiger partial charge in [-0.25, -0.2) is 0 Å². The van der Waals surface area contributed by atoms with Gasteiger partial charge in [-0.3, -0.25) is 4.79 Å². The summed E-state index contributed by atoms with van der Waals surface area (Å²) >= 11 is 0. The highest BCUT2D eigenvalue weighted by Gasteiger charge is 2.18. The van der Waals surface area contributed by atoms with E-state index in [2.05, 4.69) is 27.8 Å². The van der Waals surface area contributed by atoms with Gasteiger partial charge < -0.3 is 10.6 Å². The van der Waals surface area contributed by atoms with Crippen LogP contribution in [0.2, 0.25) is 0 Å². The lowest BCUT2D eigenvalue weighted by Gasteiger charge is -2.26. The Balaban J connectivity index is 1.83. The van der Waals surface area contributed by atoms with Gasteiger partial charge in [-0.05, 0) is 43.7 Å². The summed E-state index contributed by atoms with van der Waals surface area (Å²) in [7, 11) is 0. The fourth-order valence-electron chi connectivity index (χ4n) is 2.79. The molecule has 1 saturated carbocycles. The monoisotopic (exact) mass is 276 g/mol. The molecule has 2 rings (SSSR count). The Bertz CT molecular complexity index is 432. The quantitative estimate of drug-likeness (QED) is 0.867. The summed E-state index contributed by atoms with van der Waals surface area (Å²) in [5.74, 6) is 2.13. The molecule has 2 unspecified atom stereocenters. The smallest absolute Gasteiger partial charge is 0.271 e. The Hall–Kier alpha value is -1.65. The molecule has 0 radical (unpaired) electrons. The zero-order chi connectivity index (χ0) is 14.4. The third-order valence-electron chi connectivity index (χ3n) is 3.85. The van der Waals surface area contributed by atoms with Crippen molar-refractivity contribution in [3.05, 3.63) is 17.8 Å². The summed E-state index contributed by atoms with van der Waals surface area (Å²) in [4.78, 5) is 11.6. The van der Waals surface area contributed by atoms with Crippen molar-refractivity contribution < 1.29 is 4.79 Å². The number of hydrogen-bond acceptors (Lipinski definition) is 4.